The monoisotopic (exact) mass is 334 g/mol. The Balaban J connectivity index is 1.96. The van der Waals surface area contributed by atoms with Crippen LogP contribution in [0.4, 0.5) is 0 Å². The Morgan fingerprint density at radius 1 is 1.08 bits per heavy atom. The van der Waals surface area contributed by atoms with E-state index in [1.165, 1.54) is 35.1 Å². The molecule has 2 heteroatoms. The summed E-state index contributed by atoms with van der Waals surface area (Å²) in [6.07, 6.45) is 6.41. The first-order valence-electron chi connectivity index (χ1n) is 9.44. The van der Waals surface area contributed by atoms with Gasteiger partial charge in [0, 0.05) is 5.92 Å². The summed E-state index contributed by atoms with van der Waals surface area (Å²) in [5, 5.41) is 0. The summed E-state index contributed by atoms with van der Waals surface area (Å²) < 4.78 is 5.60. The maximum Gasteiger partial charge on any atom is 0.146 e. The van der Waals surface area contributed by atoms with Crippen LogP contribution in [0.3, 0.4) is 0 Å². The topological polar surface area (TPSA) is 26.3 Å². The molecule has 0 heterocycles. The Kier molecular flexibility index (Phi) is 4.15. The molecule has 130 valence electrons. The van der Waals surface area contributed by atoms with Gasteiger partial charge in [0.05, 0.1) is 12.5 Å². The second-order valence-electron chi connectivity index (χ2n) is 7.76. The van der Waals surface area contributed by atoms with E-state index in [1.807, 2.05) is 6.07 Å². The SMILES string of the molecule is COc1cc(-c2ccccc2)c2c(c1)C1(C)CCCCCC(C2)C1=O. The average Bonchev–Trinajstić information content (AvgIpc) is 2.65. The van der Waals surface area contributed by atoms with Crippen molar-refractivity contribution in [2.75, 3.05) is 7.11 Å². The summed E-state index contributed by atoms with van der Waals surface area (Å²) >= 11 is 0. The molecule has 2 aliphatic rings. The van der Waals surface area contributed by atoms with Crippen molar-refractivity contribution in [2.45, 2.75) is 50.9 Å². The highest BCUT2D eigenvalue weighted by molar-refractivity contribution is 5.95. The van der Waals surface area contributed by atoms with Gasteiger partial charge in [-0.1, -0.05) is 49.6 Å². The summed E-state index contributed by atoms with van der Waals surface area (Å²) in [7, 11) is 1.71. The largest absolute Gasteiger partial charge is 0.497 e. The number of hydrogen-bond donors (Lipinski definition) is 0. The molecule has 0 aromatic heterocycles. The number of hydrogen-bond acceptors (Lipinski definition) is 2. The number of benzene rings is 2. The Hall–Kier alpha value is -2.09. The highest BCUT2D eigenvalue weighted by atomic mass is 16.5. The van der Waals surface area contributed by atoms with E-state index in [-0.39, 0.29) is 11.3 Å². The molecule has 2 nitrogen and oxygen atoms in total. The summed E-state index contributed by atoms with van der Waals surface area (Å²) in [5.74, 6) is 1.48. The van der Waals surface area contributed by atoms with E-state index in [1.54, 1.807) is 7.11 Å². The van der Waals surface area contributed by atoms with E-state index < -0.39 is 0 Å². The number of carbonyl (C=O) groups is 1. The van der Waals surface area contributed by atoms with Gasteiger partial charge in [-0.15, -0.1) is 0 Å². The van der Waals surface area contributed by atoms with E-state index in [4.69, 9.17) is 4.74 Å². The maximum absolute atomic E-state index is 13.3. The minimum absolute atomic E-state index is 0.175. The van der Waals surface area contributed by atoms with Crippen LogP contribution >= 0.6 is 0 Å². The zero-order chi connectivity index (χ0) is 17.4. The lowest BCUT2D eigenvalue weighted by atomic mass is 9.61. The van der Waals surface area contributed by atoms with Crippen molar-refractivity contribution < 1.29 is 9.53 Å². The number of rotatable bonds is 2. The quantitative estimate of drug-likeness (QED) is 0.742. The molecular weight excluding hydrogens is 308 g/mol. The van der Waals surface area contributed by atoms with Gasteiger partial charge in [-0.25, -0.2) is 0 Å². The number of carbonyl (C=O) groups excluding carboxylic acids is 1. The molecule has 0 saturated heterocycles. The maximum atomic E-state index is 13.3. The van der Waals surface area contributed by atoms with E-state index in [2.05, 4.69) is 43.3 Å². The molecule has 2 atom stereocenters. The number of ether oxygens (including phenoxy) is 1. The molecule has 25 heavy (non-hydrogen) atoms. The van der Waals surface area contributed by atoms with Gasteiger partial charge >= 0.3 is 0 Å². The number of fused-ring (bicyclic) bond motifs is 4. The standard InChI is InChI=1S/C23H26O2/c1-23-12-8-4-7-11-17(22(23)24)13-20-19(16-9-5-3-6-10-16)14-18(25-2)15-21(20)23/h3,5-6,9-10,14-15,17H,4,7-8,11-13H2,1-2H3. The first kappa shape index (κ1) is 16.4. The normalized spacial score (nSPS) is 25.7. The Morgan fingerprint density at radius 3 is 2.64 bits per heavy atom. The van der Waals surface area contributed by atoms with Crippen LogP contribution in [0.1, 0.15) is 50.2 Å². The van der Waals surface area contributed by atoms with Crippen molar-refractivity contribution in [2.24, 2.45) is 5.92 Å². The lowest BCUT2D eigenvalue weighted by Gasteiger charge is -2.41. The molecule has 1 fully saturated rings. The minimum Gasteiger partial charge on any atom is -0.497 e. The van der Waals surface area contributed by atoms with Gasteiger partial charge in [0.15, 0.2) is 0 Å². The minimum atomic E-state index is -0.364. The highest BCUT2D eigenvalue weighted by Gasteiger charge is 2.45. The van der Waals surface area contributed by atoms with Crippen molar-refractivity contribution in [3.8, 4) is 16.9 Å². The molecule has 2 aliphatic carbocycles. The summed E-state index contributed by atoms with van der Waals surface area (Å²) in [6, 6.07) is 14.8. The van der Waals surface area contributed by atoms with E-state index in [9.17, 15) is 4.79 Å². The van der Waals surface area contributed by atoms with Gasteiger partial charge in [0.1, 0.15) is 11.5 Å². The molecule has 1 saturated carbocycles. The second-order valence-corrected chi connectivity index (χ2v) is 7.76. The number of ketones is 1. The van der Waals surface area contributed by atoms with Crippen molar-refractivity contribution >= 4 is 5.78 Å². The van der Waals surface area contributed by atoms with Crippen molar-refractivity contribution in [3.63, 3.8) is 0 Å². The fourth-order valence-electron chi connectivity index (χ4n) is 4.81. The molecular formula is C23H26O2. The van der Waals surface area contributed by atoms with E-state index >= 15 is 0 Å². The third kappa shape index (κ3) is 2.68. The van der Waals surface area contributed by atoms with Gasteiger partial charge in [-0.05, 0) is 60.6 Å². The molecule has 0 aliphatic heterocycles. The molecule has 0 radical (unpaired) electrons. The number of methoxy groups -OCH3 is 1. The Bertz CT molecular complexity index is 793. The zero-order valence-electron chi connectivity index (χ0n) is 15.2. The van der Waals surface area contributed by atoms with Gasteiger partial charge < -0.3 is 4.74 Å². The third-order valence-corrected chi connectivity index (χ3v) is 6.23. The first-order valence-corrected chi connectivity index (χ1v) is 9.44. The van der Waals surface area contributed by atoms with Crippen LogP contribution in [0.5, 0.6) is 5.75 Å². The van der Waals surface area contributed by atoms with Gasteiger partial charge in [0.2, 0.25) is 0 Å². The zero-order valence-corrected chi connectivity index (χ0v) is 15.2. The molecule has 4 rings (SSSR count). The predicted molar refractivity (Wildman–Crippen MR) is 101 cm³/mol. The lowest BCUT2D eigenvalue weighted by molar-refractivity contribution is -0.129. The fourth-order valence-corrected chi connectivity index (χ4v) is 4.81. The molecule has 0 spiro atoms. The van der Waals surface area contributed by atoms with Gasteiger partial charge in [0.25, 0.3) is 0 Å². The molecule has 2 bridgehead atoms. The number of Topliss-reactive ketones (excluding diaryl/α,β-unsaturated/α-hetero) is 1. The van der Waals surface area contributed by atoms with Crippen molar-refractivity contribution in [1.29, 1.82) is 0 Å². The highest BCUT2D eigenvalue weighted by Crippen LogP contribution is 2.47. The fraction of sp³-hybridized carbons (Fsp3) is 0.435. The van der Waals surface area contributed by atoms with Crippen LogP contribution in [-0.2, 0) is 16.6 Å². The molecule has 2 aromatic rings. The van der Waals surface area contributed by atoms with E-state index in [0.717, 1.165) is 31.4 Å². The summed E-state index contributed by atoms with van der Waals surface area (Å²) in [4.78, 5) is 13.3. The predicted octanol–water partition coefficient (Wildman–Crippen LogP) is 5.33. The van der Waals surface area contributed by atoms with Crippen molar-refractivity contribution in [1.82, 2.24) is 0 Å². The van der Waals surface area contributed by atoms with Gasteiger partial charge in [-0.3, -0.25) is 4.79 Å². The summed E-state index contributed by atoms with van der Waals surface area (Å²) in [5.41, 5.74) is 4.65. The average molecular weight is 334 g/mol. The van der Waals surface area contributed by atoms with E-state index in [0.29, 0.717) is 5.78 Å². The molecule has 2 unspecified atom stereocenters. The van der Waals surface area contributed by atoms with Crippen molar-refractivity contribution in [3.05, 3.63) is 53.6 Å². The summed E-state index contributed by atoms with van der Waals surface area (Å²) in [6.45, 7) is 2.17. The van der Waals surface area contributed by atoms with Crippen LogP contribution in [-0.4, -0.2) is 12.9 Å². The second kappa shape index (κ2) is 6.33. The van der Waals surface area contributed by atoms with Crippen LogP contribution < -0.4 is 4.74 Å². The molecule has 2 aromatic carbocycles. The van der Waals surface area contributed by atoms with Gasteiger partial charge in [-0.2, -0.15) is 0 Å². The van der Waals surface area contributed by atoms with Crippen LogP contribution in [0.15, 0.2) is 42.5 Å². The van der Waals surface area contributed by atoms with Crippen LogP contribution in [0, 0.1) is 5.92 Å². The lowest BCUT2D eigenvalue weighted by Crippen LogP contribution is -2.44. The van der Waals surface area contributed by atoms with Crippen LogP contribution in [0.2, 0.25) is 0 Å². The third-order valence-electron chi connectivity index (χ3n) is 6.23. The Morgan fingerprint density at radius 2 is 1.88 bits per heavy atom. The van der Waals surface area contributed by atoms with Crippen LogP contribution in [0.25, 0.3) is 11.1 Å². The first-order chi connectivity index (χ1) is 12.1. The molecule has 0 N–H and O–H groups in total. The molecule has 0 amide bonds. The smallest absolute Gasteiger partial charge is 0.146 e. The Labute approximate surface area is 150 Å².